The lowest BCUT2D eigenvalue weighted by Crippen LogP contribution is -2.40. The predicted molar refractivity (Wildman–Crippen MR) is 94.6 cm³/mol. The minimum atomic E-state index is -3.33. The molecule has 0 saturated heterocycles. The number of benzene rings is 2. The van der Waals surface area contributed by atoms with Crippen LogP contribution in [0.1, 0.15) is 33.9 Å². The number of carbonyl (C=O) groups is 1. The third-order valence-electron chi connectivity index (χ3n) is 4.22. The number of sulfonamides is 1. The average Bonchev–Trinajstić information content (AvgIpc) is 2.54. The Kier molecular flexibility index (Phi) is 4.32. The molecule has 1 aliphatic rings. The second-order valence-corrected chi connectivity index (χ2v) is 7.98. The molecule has 2 aromatic rings. The number of para-hydroxylation sites is 1. The van der Waals surface area contributed by atoms with Gasteiger partial charge in [0.15, 0.2) is 0 Å². The van der Waals surface area contributed by atoms with Crippen molar-refractivity contribution in [3.63, 3.8) is 0 Å². The van der Waals surface area contributed by atoms with E-state index in [2.05, 4.69) is 5.32 Å². The molecule has 1 unspecified atom stereocenters. The van der Waals surface area contributed by atoms with Gasteiger partial charge in [0.25, 0.3) is 5.91 Å². The van der Waals surface area contributed by atoms with Crippen molar-refractivity contribution in [1.82, 2.24) is 5.32 Å². The number of hydrogen-bond donors (Lipinski definition) is 1. The van der Waals surface area contributed by atoms with Gasteiger partial charge in [-0.05, 0) is 37.1 Å². The van der Waals surface area contributed by atoms with Crippen LogP contribution >= 0.6 is 0 Å². The van der Waals surface area contributed by atoms with E-state index in [0.29, 0.717) is 24.2 Å². The van der Waals surface area contributed by atoms with Gasteiger partial charge in [-0.1, -0.05) is 35.9 Å². The second kappa shape index (κ2) is 6.28. The Morgan fingerprint density at radius 1 is 1.12 bits per heavy atom. The van der Waals surface area contributed by atoms with Gasteiger partial charge in [-0.3, -0.25) is 9.10 Å². The van der Waals surface area contributed by atoms with Crippen molar-refractivity contribution in [1.29, 1.82) is 0 Å². The molecule has 0 fully saturated rings. The zero-order chi connectivity index (χ0) is 17.3. The summed E-state index contributed by atoms with van der Waals surface area (Å²) in [4.78, 5) is 12.5. The lowest BCUT2D eigenvalue weighted by molar-refractivity contribution is 0.0934. The largest absolute Gasteiger partial charge is 0.345 e. The van der Waals surface area contributed by atoms with Crippen LogP contribution in [-0.2, 0) is 10.0 Å². The first-order valence-corrected chi connectivity index (χ1v) is 9.65. The van der Waals surface area contributed by atoms with Crippen molar-refractivity contribution >= 4 is 21.6 Å². The highest BCUT2D eigenvalue weighted by Gasteiger charge is 2.30. The topological polar surface area (TPSA) is 66.5 Å². The van der Waals surface area contributed by atoms with Gasteiger partial charge in [0.1, 0.15) is 0 Å². The molecule has 126 valence electrons. The van der Waals surface area contributed by atoms with Gasteiger partial charge in [0.2, 0.25) is 10.0 Å². The third-order valence-corrected chi connectivity index (χ3v) is 5.40. The summed E-state index contributed by atoms with van der Waals surface area (Å²) in [6.07, 6.45) is 1.75. The molecule has 6 heteroatoms. The van der Waals surface area contributed by atoms with Crippen LogP contribution in [0.25, 0.3) is 0 Å². The Labute approximate surface area is 142 Å². The fourth-order valence-corrected chi connectivity index (χ4v) is 3.93. The second-order valence-electron chi connectivity index (χ2n) is 6.07. The Balaban J connectivity index is 1.87. The maximum absolute atomic E-state index is 12.5. The van der Waals surface area contributed by atoms with Crippen LogP contribution in [0.3, 0.4) is 0 Å². The highest BCUT2D eigenvalue weighted by molar-refractivity contribution is 7.92. The molecule has 1 aliphatic heterocycles. The summed E-state index contributed by atoms with van der Waals surface area (Å²) in [7, 11) is -3.33. The molecular formula is C18H20N2O3S. The van der Waals surface area contributed by atoms with Gasteiger partial charge in [0.05, 0.1) is 18.0 Å². The van der Waals surface area contributed by atoms with E-state index < -0.39 is 10.0 Å². The quantitative estimate of drug-likeness (QED) is 0.931. The van der Waals surface area contributed by atoms with E-state index >= 15 is 0 Å². The van der Waals surface area contributed by atoms with Crippen LogP contribution < -0.4 is 9.62 Å². The van der Waals surface area contributed by atoms with Crippen molar-refractivity contribution in [2.75, 3.05) is 17.1 Å². The Bertz CT molecular complexity index is 860. The number of hydrogen-bond acceptors (Lipinski definition) is 3. The van der Waals surface area contributed by atoms with Crippen LogP contribution in [-0.4, -0.2) is 27.1 Å². The number of anilines is 1. The van der Waals surface area contributed by atoms with Gasteiger partial charge in [-0.25, -0.2) is 8.42 Å². The number of rotatable bonds is 3. The molecule has 0 bridgehead atoms. The zero-order valence-corrected chi connectivity index (χ0v) is 14.5. The molecule has 3 rings (SSSR count). The number of aryl methyl sites for hydroxylation is 1. The van der Waals surface area contributed by atoms with Crippen molar-refractivity contribution in [2.24, 2.45) is 0 Å². The van der Waals surface area contributed by atoms with Gasteiger partial charge < -0.3 is 5.32 Å². The van der Waals surface area contributed by atoms with E-state index in [-0.39, 0.29) is 11.9 Å². The predicted octanol–water partition coefficient (Wildman–Crippen LogP) is 2.64. The molecule has 5 nitrogen and oxygen atoms in total. The first kappa shape index (κ1) is 16.5. The molecule has 0 spiro atoms. The van der Waals surface area contributed by atoms with Gasteiger partial charge in [-0.15, -0.1) is 0 Å². The molecular weight excluding hydrogens is 324 g/mol. The fraction of sp³-hybridized carbons (Fsp3) is 0.278. The van der Waals surface area contributed by atoms with E-state index in [0.717, 1.165) is 11.1 Å². The number of nitrogens with one attached hydrogen (secondary N) is 1. The van der Waals surface area contributed by atoms with Crippen molar-refractivity contribution < 1.29 is 13.2 Å². The third kappa shape index (κ3) is 3.28. The first-order valence-electron chi connectivity index (χ1n) is 7.80. The van der Waals surface area contributed by atoms with E-state index in [9.17, 15) is 13.2 Å². The highest BCUT2D eigenvalue weighted by atomic mass is 32.2. The van der Waals surface area contributed by atoms with Crippen LogP contribution in [0.15, 0.2) is 48.5 Å². The molecule has 1 atom stereocenters. The zero-order valence-electron chi connectivity index (χ0n) is 13.7. The molecule has 1 N–H and O–H groups in total. The molecule has 0 radical (unpaired) electrons. The maximum atomic E-state index is 12.5. The summed E-state index contributed by atoms with van der Waals surface area (Å²) in [5.41, 5.74) is 3.16. The van der Waals surface area contributed by atoms with E-state index in [1.807, 2.05) is 31.2 Å². The minimum absolute atomic E-state index is 0.150. The Morgan fingerprint density at radius 3 is 2.46 bits per heavy atom. The van der Waals surface area contributed by atoms with Crippen LogP contribution in [0, 0.1) is 6.92 Å². The SMILES string of the molecule is Cc1ccc(C(=O)NC2CCN(S(C)(=O)=O)c3ccccc32)cc1. The lowest BCUT2D eigenvalue weighted by atomic mass is 9.97. The summed E-state index contributed by atoms with van der Waals surface area (Å²) < 4.78 is 25.3. The fourth-order valence-electron chi connectivity index (χ4n) is 2.97. The molecule has 1 heterocycles. The smallest absolute Gasteiger partial charge is 0.251 e. The minimum Gasteiger partial charge on any atom is -0.345 e. The Hall–Kier alpha value is -2.34. The summed E-state index contributed by atoms with van der Waals surface area (Å²) in [5, 5.41) is 3.02. The standard InChI is InChI=1S/C18H20N2O3S/c1-13-7-9-14(10-8-13)18(21)19-16-11-12-20(24(2,22)23)17-6-4-3-5-15(16)17/h3-10,16H,11-12H2,1-2H3,(H,19,21). The number of amides is 1. The van der Waals surface area contributed by atoms with E-state index in [4.69, 9.17) is 0 Å². The van der Waals surface area contributed by atoms with Gasteiger partial charge in [-0.2, -0.15) is 0 Å². The highest BCUT2D eigenvalue weighted by Crippen LogP contribution is 2.35. The summed E-state index contributed by atoms with van der Waals surface area (Å²) in [6.45, 7) is 2.33. The maximum Gasteiger partial charge on any atom is 0.251 e. The number of carbonyl (C=O) groups excluding carboxylic acids is 1. The van der Waals surface area contributed by atoms with E-state index in [1.165, 1.54) is 10.6 Å². The number of nitrogens with zero attached hydrogens (tertiary/aromatic N) is 1. The normalized spacial score (nSPS) is 17.2. The summed E-state index contributed by atoms with van der Waals surface area (Å²) >= 11 is 0. The van der Waals surface area contributed by atoms with Crippen LogP contribution in [0.2, 0.25) is 0 Å². The van der Waals surface area contributed by atoms with Crippen LogP contribution in [0.4, 0.5) is 5.69 Å². The van der Waals surface area contributed by atoms with Crippen molar-refractivity contribution in [3.8, 4) is 0 Å². The molecule has 1 amide bonds. The summed E-state index contributed by atoms with van der Waals surface area (Å²) in [6, 6.07) is 14.5. The lowest BCUT2D eigenvalue weighted by Gasteiger charge is -2.34. The van der Waals surface area contributed by atoms with Gasteiger partial charge >= 0.3 is 0 Å². The number of fused-ring (bicyclic) bond motifs is 1. The average molecular weight is 344 g/mol. The first-order chi connectivity index (χ1) is 11.4. The molecule has 0 saturated carbocycles. The Morgan fingerprint density at radius 2 is 1.79 bits per heavy atom. The summed E-state index contributed by atoms with van der Waals surface area (Å²) in [5.74, 6) is -0.150. The molecule has 24 heavy (non-hydrogen) atoms. The van der Waals surface area contributed by atoms with Gasteiger partial charge in [0, 0.05) is 12.1 Å². The molecule has 2 aromatic carbocycles. The van der Waals surface area contributed by atoms with E-state index in [1.54, 1.807) is 24.3 Å². The van der Waals surface area contributed by atoms with Crippen LogP contribution in [0.5, 0.6) is 0 Å². The van der Waals surface area contributed by atoms with Crippen molar-refractivity contribution in [2.45, 2.75) is 19.4 Å². The van der Waals surface area contributed by atoms with Crippen molar-refractivity contribution in [3.05, 3.63) is 65.2 Å². The molecule has 0 aliphatic carbocycles. The molecule has 0 aromatic heterocycles. The monoisotopic (exact) mass is 344 g/mol.